The van der Waals surface area contributed by atoms with Crippen LogP contribution in [0, 0.1) is 83.1 Å². The first kappa shape index (κ1) is 36.9. The third-order valence-corrected chi connectivity index (χ3v) is 12.0. The van der Waals surface area contributed by atoms with Gasteiger partial charge < -0.3 is 0 Å². The van der Waals surface area contributed by atoms with Crippen molar-refractivity contribution in [1.29, 1.82) is 0 Å². The molecule has 4 rings (SSSR count). The van der Waals surface area contributed by atoms with E-state index in [9.17, 15) is 0 Å². The van der Waals surface area contributed by atoms with Gasteiger partial charge in [-0.15, -0.1) is 0 Å². The van der Waals surface area contributed by atoms with Gasteiger partial charge in [0.1, 0.15) is 0 Å². The summed E-state index contributed by atoms with van der Waals surface area (Å²) in [4.78, 5) is 0. The second-order valence-corrected chi connectivity index (χ2v) is 13.6. The van der Waals surface area contributed by atoms with Gasteiger partial charge in [-0.05, 0) is 171 Å². The molecule has 0 fully saturated rings. The Hall–Kier alpha value is -1.09. The van der Waals surface area contributed by atoms with Crippen LogP contribution in [0.3, 0.4) is 0 Å². The number of benzene rings is 4. The van der Waals surface area contributed by atoms with Gasteiger partial charge in [-0.2, -0.15) is 0 Å². The molecule has 0 saturated carbocycles. The summed E-state index contributed by atoms with van der Waals surface area (Å²) in [5.41, 5.74) is 17.1. The molecule has 0 aromatic heterocycles. The smallest absolute Gasteiger partial charge is 0 e. The monoisotopic (exact) mass is 642 g/mol. The average molecular weight is 643 g/mol. The summed E-state index contributed by atoms with van der Waals surface area (Å²) in [7, 11) is 1.52. The van der Waals surface area contributed by atoms with Gasteiger partial charge in [0, 0.05) is 37.1 Å². The molecule has 0 nitrogen and oxygen atoms in total. The molecule has 0 N–H and O–H groups in total. The summed E-state index contributed by atoms with van der Waals surface area (Å²) in [6, 6.07) is 18.2. The second kappa shape index (κ2) is 15.9. The number of hydrogen-bond donors (Lipinski definition) is 0. The first-order chi connectivity index (χ1) is 17.8. The fourth-order valence-corrected chi connectivity index (χ4v) is 7.40. The van der Waals surface area contributed by atoms with Crippen LogP contribution in [0.15, 0.2) is 48.5 Å². The fraction of sp³-hybridized carbons (Fsp3) is 0.333. The maximum atomic E-state index is 2.30. The van der Waals surface area contributed by atoms with Crippen molar-refractivity contribution in [3.63, 3.8) is 0 Å². The molecule has 0 bridgehead atoms. The number of rotatable bonds is 4. The van der Waals surface area contributed by atoms with E-state index < -0.39 is 0 Å². The Balaban J connectivity index is 0.000000381. The molecule has 4 aromatic rings. The molecular weight excluding hydrogens is 596 g/mol. The molecule has 0 aliphatic carbocycles. The van der Waals surface area contributed by atoms with Crippen molar-refractivity contribution in [3.8, 4) is 0 Å². The Labute approximate surface area is 272 Å². The van der Waals surface area contributed by atoms with Crippen molar-refractivity contribution in [2.45, 2.75) is 83.1 Å². The van der Waals surface area contributed by atoms with E-state index in [0.29, 0.717) is 0 Å². The zero-order valence-corrected chi connectivity index (χ0v) is 31.3. The number of aryl methyl sites for hydroxylation is 4. The minimum Gasteiger partial charge on any atom is -0.0585 e. The van der Waals surface area contributed by atoms with E-state index in [1.54, 1.807) is 0 Å². The Morgan fingerprint density at radius 2 is 0.450 bits per heavy atom. The quantitative estimate of drug-likeness (QED) is 0.197. The third-order valence-electron chi connectivity index (χ3n) is 8.77. The van der Waals surface area contributed by atoms with Crippen LogP contribution in [-0.4, -0.2) is 0 Å². The molecule has 0 heterocycles. The van der Waals surface area contributed by atoms with Crippen molar-refractivity contribution in [1.82, 2.24) is 0 Å². The van der Waals surface area contributed by atoms with Crippen LogP contribution >= 0.6 is 17.2 Å². The van der Waals surface area contributed by atoms with Crippen molar-refractivity contribution >= 4 is 38.4 Å². The van der Waals surface area contributed by atoms with Gasteiger partial charge in [-0.1, -0.05) is 65.7 Å². The number of hydrogen-bond acceptors (Lipinski definition) is 0. The van der Waals surface area contributed by atoms with Gasteiger partial charge in [0.25, 0.3) is 0 Å². The van der Waals surface area contributed by atoms with Crippen LogP contribution in [-0.2, 0) is 37.1 Å². The van der Waals surface area contributed by atoms with E-state index in [0.717, 1.165) is 17.2 Å². The van der Waals surface area contributed by atoms with E-state index >= 15 is 0 Å². The third kappa shape index (κ3) is 8.48. The van der Waals surface area contributed by atoms with Crippen LogP contribution in [0.1, 0.15) is 66.8 Å². The van der Waals surface area contributed by atoms with Crippen molar-refractivity contribution in [2.24, 2.45) is 0 Å². The normalized spacial score (nSPS) is 10.3. The predicted octanol–water partition coefficient (Wildman–Crippen LogP) is 8.33. The largest absolute Gasteiger partial charge is 0.0585 e. The Kier molecular flexibility index (Phi) is 14.7. The standard InChI is InChI=1S/2C18H23P.2V/c2*1-11-7-9-17(15(5)13(11)3)19-18-10-8-12(2)14(4)16(18)6;;/h2*7-10,19H,1-6H3;;. The molecule has 4 aromatic carbocycles. The summed E-state index contributed by atoms with van der Waals surface area (Å²) in [5, 5.41) is 5.92. The van der Waals surface area contributed by atoms with E-state index in [2.05, 4.69) is 132 Å². The van der Waals surface area contributed by atoms with Crippen molar-refractivity contribution in [2.75, 3.05) is 0 Å². The van der Waals surface area contributed by atoms with E-state index in [1.165, 1.54) is 88.0 Å². The molecule has 210 valence electrons. The SMILES string of the molecule is Cc1ccc(Pc2ccc(C)c(C)c2C)c(C)c1C.Cc1ccc(Pc2ccc(C)c(C)c2C)c(C)c1C.[V].[V]. The molecule has 0 amide bonds. The topological polar surface area (TPSA) is 0 Å². The summed E-state index contributed by atoms with van der Waals surface area (Å²) in [6.07, 6.45) is 0. The first-order valence-electron chi connectivity index (χ1n) is 13.6. The van der Waals surface area contributed by atoms with Crippen molar-refractivity contribution < 1.29 is 37.1 Å². The molecule has 0 aliphatic heterocycles. The summed E-state index contributed by atoms with van der Waals surface area (Å²) in [6.45, 7) is 26.7. The summed E-state index contributed by atoms with van der Waals surface area (Å²) in [5.74, 6) is 0. The molecule has 40 heavy (non-hydrogen) atoms. The van der Waals surface area contributed by atoms with Gasteiger partial charge in [-0.25, -0.2) is 0 Å². The van der Waals surface area contributed by atoms with E-state index in [-0.39, 0.29) is 37.1 Å². The van der Waals surface area contributed by atoms with Gasteiger partial charge in [0.2, 0.25) is 0 Å². The first-order valence-corrected chi connectivity index (χ1v) is 15.6. The molecule has 0 atom stereocenters. The molecule has 0 unspecified atom stereocenters. The zero-order valence-electron chi connectivity index (χ0n) is 26.5. The molecule has 2 radical (unpaired) electrons. The van der Waals surface area contributed by atoms with Crippen LogP contribution in [0.2, 0.25) is 0 Å². The zero-order chi connectivity index (χ0) is 28.3. The van der Waals surface area contributed by atoms with Gasteiger partial charge in [-0.3, -0.25) is 0 Å². The van der Waals surface area contributed by atoms with Crippen LogP contribution in [0.25, 0.3) is 0 Å². The second-order valence-electron chi connectivity index (χ2n) is 11.0. The van der Waals surface area contributed by atoms with Crippen LogP contribution in [0.4, 0.5) is 0 Å². The molecule has 4 heteroatoms. The maximum absolute atomic E-state index is 2.30. The minimum absolute atomic E-state index is 0. The minimum atomic E-state index is 0. The maximum Gasteiger partial charge on any atom is 0 e. The summed E-state index contributed by atoms with van der Waals surface area (Å²) < 4.78 is 0. The Morgan fingerprint density at radius 1 is 0.275 bits per heavy atom. The van der Waals surface area contributed by atoms with Gasteiger partial charge in [0.15, 0.2) is 0 Å². The Morgan fingerprint density at radius 3 is 0.625 bits per heavy atom. The van der Waals surface area contributed by atoms with E-state index in [1.807, 2.05) is 0 Å². The van der Waals surface area contributed by atoms with Crippen molar-refractivity contribution in [3.05, 3.63) is 115 Å². The molecule has 0 saturated heterocycles. The van der Waals surface area contributed by atoms with E-state index in [4.69, 9.17) is 0 Å². The van der Waals surface area contributed by atoms with Gasteiger partial charge >= 0.3 is 0 Å². The average Bonchev–Trinajstić information content (AvgIpc) is 2.89. The van der Waals surface area contributed by atoms with Crippen LogP contribution in [0.5, 0.6) is 0 Å². The van der Waals surface area contributed by atoms with Crippen LogP contribution < -0.4 is 21.2 Å². The van der Waals surface area contributed by atoms with Gasteiger partial charge in [0.05, 0.1) is 0 Å². The molecule has 0 spiro atoms. The molecular formula is C36H46P2V2. The fourth-order valence-electron chi connectivity index (χ4n) is 4.66. The predicted molar refractivity (Wildman–Crippen MR) is 178 cm³/mol. The summed E-state index contributed by atoms with van der Waals surface area (Å²) >= 11 is 0. The Bertz CT molecular complexity index is 1260. The molecule has 0 aliphatic rings.